The lowest BCUT2D eigenvalue weighted by molar-refractivity contribution is -0.676. The number of para-hydroxylation sites is 2. The van der Waals surface area contributed by atoms with E-state index in [2.05, 4.69) is 34.7 Å². The van der Waals surface area contributed by atoms with Gasteiger partial charge in [-0.05, 0) is 43.3 Å². The van der Waals surface area contributed by atoms with Crippen LogP contribution in [0.2, 0.25) is 0 Å². The lowest BCUT2D eigenvalue weighted by Crippen LogP contribution is -2.36. The molecule has 3 aromatic rings. The zero-order valence-corrected chi connectivity index (χ0v) is 12.3. The van der Waals surface area contributed by atoms with E-state index in [1.165, 1.54) is 5.52 Å². The van der Waals surface area contributed by atoms with Crippen molar-refractivity contribution in [3.8, 4) is 11.5 Å². The predicted molar refractivity (Wildman–Crippen MR) is 81.5 cm³/mol. The van der Waals surface area contributed by atoms with Crippen LogP contribution in [0.1, 0.15) is 12.7 Å². The first-order chi connectivity index (χ1) is 10.3. The van der Waals surface area contributed by atoms with Crippen molar-refractivity contribution in [1.82, 2.24) is 4.98 Å². The summed E-state index contributed by atoms with van der Waals surface area (Å²) in [5.74, 6) is 2.73. The minimum atomic E-state index is 0.509. The molecule has 1 heterocycles. The van der Waals surface area contributed by atoms with Gasteiger partial charge in [-0.15, -0.1) is 0 Å². The second-order valence-corrected chi connectivity index (χ2v) is 4.80. The fourth-order valence-corrected chi connectivity index (χ4v) is 2.48. The molecule has 3 rings (SSSR count). The summed E-state index contributed by atoms with van der Waals surface area (Å²) in [6.07, 6.45) is 0. The predicted octanol–water partition coefficient (Wildman–Crippen LogP) is 3.06. The number of nitrogens with one attached hydrogen (secondary N) is 1. The fourth-order valence-electron chi connectivity index (χ4n) is 2.48. The maximum absolute atomic E-state index is 5.86. The number of methoxy groups -OCH3 is 1. The van der Waals surface area contributed by atoms with Crippen LogP contribution >= 0.6 is 0 Å². The zero-order valence-electron chi connectivity index (χ0n) is 12.3. The highest BCUT2D eigenvalue weighted by atomic mass is 16.5. The molecule has 0 aliphatic heterocycles. The van der Waals surface area contributed by atoms with Gasteiger partial charge in [0.25, 0.3) is 5.82 Å². The second kappa shape index (κ2) is 5.87. The molecular formula is C17H19N2O2+. The van der Waals surface area contributed by atoms with Crippen molar-refractivity contribution in [3.05, 3.63) is 54.4 Å². The molecule has 0 radical (unpaired) electrons. The summed E-state index contributed by atoms with van der Waals surface area (Å²) in [7, 11) is 1.66. The van der Waals surface area contributed by atoms with Crippen LogP contribution < -0.4 is 14.0 Å². The third-order valence-electron chi connectivity index (χ3n) is 3.55. The van der Waals surface area contributed by atoms with Crippen LogP contribution in [0.4, 0.5) is 0 Å². The number of H-pyrrole nitrogens is 1. The highest BCUT2D eigenvalue weighted by Gasteiger charge is 2.16. The first-order valence-electron chi connectivity index (χ1n) is 7.08. The maximum atomic E-state index is 5.86. The van der Waals surface area contributed by atoms with Gasteiger partial charge in [-0.1, -0.05) is 12.1 Å². The number of rotatable bonds is 5. The molecule has 0 spiro atoms. The molecule has 4 nitrogen and oxygen atoms in total. The minimum absolute atomic E-state index is 0.509. The van der Waals surface area contributed by atoms with Crippen LogP contribution in [0, 0.1) is 0 Å². The number of aryl methyl sites for hydroxylation is 1. The average molecular weight is 283 g/mol. The van der Waals surface area contributed by atoms with E-state index in [0.29, 0.717) is 6.61 Å². The van der Waals surface area contributed by atoms with E-state index in [1.807, 2.05) is 30.3 Å². The molecule has 2 aromatic carbocycles. The highest BCUT2D eigenvalue weighted by molar-refractivity contribution is 5.70. The summed E-state index contributed by atoms with van der Waals surface area (Å²) in [5.41, 5.74) is 2.33. The van der Waals surface area contributed by atoms with Crippen molar-refractivity contribution in [3.63, 3.8) is 0 Å². The highest BCUT2D eigenvalue weighted by Crippen LogP contribution is 2.18. The van der Waals surface area contributed by atoms with E-state index in [4.69, 9.17) is 9.47 Å². The molecule has 0 unspecified atom stereocenters. The van der Waals surface area contributed by atoms with E-state index in [-0.39, 0.29) is 0 Å². The molecular weight excluding hydrogens is 264 g/mol. The summed E-state index contributed by atoms with van der Waals surface area (Å²) in [4.78, 5) is 3.42. The molecule has 0 fully saturated rings. The maximum Gasteiger partial charge on any atom is 0.293 e. The Morgan fingerprint density at radius 3 is 2.43 bits per heavy atom. The Morgan fingerprint density at radius 1 is 1.00 bits per heavy atom. The average Bonchev–Trinajstić information content (AvgIpc) is 2.91. The van der Waals surface area contributed by atoms with Crippen LogP contribution in [0.25, 0.3) is 11.0 Å². The van der Waals surface area contributed by atoms with Gasteiger partial charge in [-0.25, -0.2) is 9.55 Å². The summed E-state index contributed by atoms with van der Waals surface area (Å²) >= 11 is 0. The minimum Gasteiger partial charge on any atom is -0.497 e. The quantitative estimate of drug-likeness (QED) is 0.731. The van der Waals surface area contributed by atoms with Crippen LogP contribution in [0.15, 0.2) is 48.5 Å². The first kappa shape index (κ1) is 13.5. The van der Waals surface area contributed by atoms with Crippen molar-refractivity contribution < 1.29 is 14.0 Å². The molecule has 0 bridgehead atoms. The van der Waals surface area contributed by atoms with Crippen LogP contribution in [0.5, 0.6) is 11.5 Å². The van der Waals surface area contributed by atoms with E-state index >= 15 is 0 Å². The van der Waals surface area contributed by atoms with Crippen LogP contribution in [0.3, 0.4) is 0 Å². The number of aromatic nitrogens is 2. The summed E-state index contributed by atoms with van der Waals surface area (Å²) < 4.78 is 13.2. The van der Waals surface area contributed by atoms with Crippen LogP contribution in [-0.4, -0.2) is 12.1 Å². The number of hydrogen-bond acceptors (Lipinski definition) is 2. The molecule has 21 heavy (non-hydrogen) atoms. The van der Waals surface area contributed by atoms with Gasteiger partial charge < -0.3 is 9.47 Å². The number of aromatic amines is 1. The Balaban J connectivity index is 1.80. The Kier molecular flexibility index (Phi) is 3.77. The summed E-state index contributed by atoms with van der Waals surface area (Å²) in [6, 6.07) is 15.9. The van der Waals surface area contributed by atoms with Crippen molar-refractivity contribution in [2.75, 3.05) is 7.11 Å². The standard InChI is InChI=1S/C17H18N2O2/c1-3-19-16-7-5-4-6-15(16)18-17(19)12-21-14-10-8-13(20-2)9-11-14/h4-11H,3,12H2,1-2H3/p+1. The normalized spacial score (nSPS) is 10.8. The lowest BCUT2D eigenvalue weighted by Gasteiger charge is -2.05. The van der Waals surface area contributed by atoms with E-state index in [1.54, 1.807) is 7.11 Å². The van der Waals surface area contributed by atoms with Gasteiger partial charge in [0.1, 0.15) is 11.5 Å². The van der Waals surface area contributed by atoms with E-state index in [0.717, 1.165) is 29.4 Å². The number of hydrogen-bond donors (Lipinski definition) is 1. The first-order valence-corrected chi connectivity index (χ1v) is 7.08. The van der Waals surface area contributed by atoms with E-state index in [9.17, 15) is 0 Å². The fraction of sp³-hybridized carbons (Fsp3) is 0.235. The van der Waals surface area contributed by atoms with Gasteiger partial charge in [-0.2, -0.15) is 0 Å². The number of ether oxygens (including phenoxy) is 2. The third kappa shape index (κ3) is 2.70. The topological polar surface area (TPSA) is 38.1 Å². The Labute approximate surface area is 123 Å². The SMILES string of the molecule is CC[n+]1c(COc2ccc(OC)cc2)[nH]c2ccccc21. The molecule has 0 amide bonds. The molecule has 0 saturated heterocycles. The van der Waals surface area contributed by atoms with Gasteiger partial charge in [0.2, 0.25) is 0 Å². The summed E-state index contributed by atoms with van der Waals surface area (Å²) in [5, 5.41) is 0. The van der Waals surface area contributed by atoms with Gasteiger partial charge in [-0.3, -0.25) is 0 Å². The molecule has 0 aliphatic rings. The van der Waals surface area contributed by atoms with Crippen LogP contribution in [-0.2, 0) is 13.2 Å². The Morgan fingerprint density at radius 2 is 1.71 bits per heavy atom. The van der Waals surface area contributed by atoms with Crippen molar-refractivity contribution in [2.45, 2.75) is 20.1 Å². The monoisotopic (exact) mass is 283 g/mol. The Hall–Kier alpha value is -2.49. The molecule has 1 aromatic heterocycles. The van der Waals surface area contributed by atoms with Gasteiger partial charge in [0, 0.05) is 0 Å². The molecule has 108 valence electrons. The van der Waals surface area contributed by atoms with Gasteiger partial charge in [0.05, 0.1) is 13.7 Å². The van der Waals surface area contributed by atoms with Crippen molar-refractivity contribution in [1.29, 1.82) is 0 Å². The number of imidazole rings is 1. The smallest absolute Gasteiger partial charge is 0.293 e. The second-order valence-electron chi connectivity index (χ2n) is 4.80. The number of fused-ring (bicyclic) bond motifs is 1. The molecule has 4 heteroatoms. The molecule has 0 aliphatic carbocycles. The molecule has 0 atom stereocenters. The van der Waals surface area contributed by atoms with Gasteiger partial charge in [0.15, 0.2) is 17.6 Å². The van der Waals surface area contributed by atoms with Crippen molar-refractivity contribution in [2.24, 2.45) is 0 Å². The molecule has 0 saturated carbocycles. The zero-order chi connectivity index (χ0) is 14.7. The summed E-state index contributed by atoms with van der Waals surface area (Å²) in [6.45, 7) is 3.55. The van der Waals surface area contributed by atoms with Crippen molar-refractivity contribution >= 4 is 11.0 Å². The Bertz CT molecular complexity index is 732. The number of benzene rings is 2. The third-order valence-corrected chi connectivity index (χ3v) is 3.55. The van der Waals surface area contributed by atoms with Gasteiger partial charge >= 0.3 is 0 Å². The largest absolute Gasteiger partial charge is 0.497 e. The van der Waals surface area contributed by atoms with E-state index < -0.39 is 0 Å². The molecule has 1 N–H and O–H groups in total. The lowest BCUT2D eigenvalue weighted by atomic mass is 10.3. The number of nitrogens with zero attached hydrogens (tertiary/aromatic N) is 1.